The molecular formula is C24H28N4O4S. The van der Waals surface area contributed by atoms with Crippen LogP contribution in [0.3, 0.4) is 0 Å². The Bertz CT molecular complexity index is 1020. The summed E-state index contributed by atoms with van der Waals surface area (Å²) in [5.74, 6) is -0.990. The van der Waals surface area contributed by atoms with Crippen LogP contribution in [0.2, 0.25) is 0 Å². The second kappa shape index (κ2) is 11.6. The quantitative estimate of drug-likeness (QED) is 0.522. The van der Waals surface area contributed by atoms with Crippen LogP contribution < -0.4 is 10.6 Å². The van der Waals surface area contributed by atoms with E-state index in [0.717, 1.165) is 13.1 Å². The topological polar surface area (TPSA) is 111 Å². The smallest absolute Gasteiger partial charge is 0.262 e. The van der Waals surface area contributed by atoms with Gasteiger partial charge >= 0.3 is 0 Å². The summed E-state index contributed by atoms with van der Waals surface area (Å²) in [5.41, 5.74) is 1.52. The van der Waals surface area contributed by atoms with E-state index in [1.165, 1.54) is 11.8 Å². The largest absolute Gasteiger partial charge is 0.387 e. The molecule has 0 aliphatic carbocycles. The average molecular weight is 469 g/mol. The van der Waals surface area contributed by atoms with Crippen LogP contribution >= 0.6 is 11.8 Å². The van der Waals surface area contributed by atoms with Crippen molar-refractivity contribution in [2.75, 3.05) is 25.0 Å². The minimum Gasteiger partial charge on any atom is -0.387 e. The molecule has 0 aromatic heterocycles. The lowest BCUT2D eigenvalue weighted by Crippen LogP contribution is -2.28. The molecular weight excluding hydrogens is 440 g/mol. The van der Waals surface area contributed by atoms with E-state index in [2.05, 4.69) is 15.6 Å². The number of nitrogens with one attached hydrogen (secondary N) is 2. The van der Waals surface area contributed by atoms with Crippen LogP contribution in [-0.4, -0.2) is 57.8 Å². The maximum absolute atomic E-state index is 12.5. The predicted octanol–water partition coefficient (Wildman–Crippen LogP) is 2.82. The van der Waals surface area contributed by atoms with Gasteiger partial charge in [0.15, 0.2) is 5.17 Å². The molecule has 2 aromatic carbocycles. The highest BCUT2D eigenvalue weighted by molar-refractivity contribution is 8.15. The minimum absolute atomic E-state index is 0.00252. The van der Waals surface area contributed by atoms with Crippen molar-refractivity contribution in [3.63, 3.8) is 0 Å². The highest BCUT2D eigenvalue weighted by Crippen LogP contribution is 2.27. The Kier molecular flexibility index (Phi) is 8.62. The summed E-state index contributed by atoms with van der Waals surface area (Å²) >= 11 is 1.31. The molecule has 1 heterocycles. The average Bonchev–Trinajstić information content (AvgIpc) is 3.18. The normalized spacial score (nSPS) is 16.2. The number of carbonyl (C=O) groups excluding carboxylic acids is 3. The summed E-state index contributed by atoms with van der Waals surface area (Å²) in [6.07, 6.45) is -0.819. The molecule has 3 N–H and O–H groups in total. The first-order chi connectivity index (χ1) is 15.9. The van der Waals surface area contributed by atoms with Crippen LogP contribution in [0.1, 0.15) is 42.3 Å². The molecule has 1 aliphatic heterocycles. The van der Waals surface area contributed by atoms with Gasteiger partial charge in [0.2, 0.25) is 5.91 Å². The lowest BCUT2D eigenvalue weighted by atomic mass is 10.1. The summed E-state index contributed by atoms with van der Waals surface area (Å²) in [6.45, 7) is 5.53. The SMILES string of the molecule is CCN(CC)C1=NC(=O)[C@H](CC(=O)Nc2cccc(C(=O)NC[C@@H](O)c3ccccc3)c2)S1. The zero-order chi connectivity index (χ0) is 23.8. The molecule has 2 aromatic rings. The van der Waals surface area contributed by atoms with Crippen molar-refractivity contribution in [3.8, 4) is 0 Å². The molecule has 1 aliphatic rings. The van der Waals surface area contributed by atoms with E-state index in [9.17, 15) is 19.5 Å². The van der Waals surface area contributed by atoms with Gasteiger partial charge in [0, 0.05) is 37.3 Å². The predicted molar refractivity (Wildman–Crippen MR) is 130 cm³/mol. The van der Waals surface area contributed by atoms with Crippen molar-refractivity contribution in [2.45, 2.75) is 31.6 Å². The maximum atomic E-state index is 12.5. The van der Waals surface area contributed by atoms with Gasteiger partial charge < -0.3 is 20.6 Å². The Morgan fingerprint density at radius 3 is 2.55 bits per heavy atom. The van der Waals surface area contributed by atoms with E-state index >= 15 is 0 Å². The number of carbonyl (C=O) groups is 3. The summed E-state index contributed by atoms with van der Waals surface area (Å²) in [6, 6.07) is 15.6. The third-order valence-electron chi connectivity index (χ3n) is 5.18. The summed E-state index contributed by atoms with van der Waals surface area (Å²) in [5, 5.41) is 15.8. The summed E-state index contributed by atoms with van der Waals surface area (Å²) in [7, 11) is 0. The van der Waals surface area contributed by atoms with E-state index < -0.39 is 11.4 Å². The van der Waals surface area contributed by atoms with Gasteiger partial charge in [0.1, 0.15) is 5.25 Å². The first-order valence-electron chi connectivity index (χ1n) is 10.9. The number of hydrogen-bond donors (Lipinski definition) is 3. The maximum Gasteiger partial charge on any atom is 0.262 e. The Balaban J connectivity index is 1.53. The molecule has 0 bridgehead atoms. The number of amidine groups is 1. The number of amides is 3. The number of nitrogens with zero attached hydrogens (tertiary/aromatic N) is 2. The number of aliphatic hydroxyl groups excluding tert-OH is 1. The third-order valence-corrected chi connectivity index (χ3v) is 6.40. The van der Waals surface area contributed by atoms with Gasteiger partial charge in [-0.25, -0.2) is 0 Å². The molecule has 3 rings (SSSR count). The van der Waals surface area contributed by atoms with E-state index in [-0.39, 0.29) is 30.7 Å². The minimum atomic E-state index is -0.817. The van der Waals surface area contributed by atoms with Crippen molar-refractivity contribution in [2.24, 2.45) is 4.99 Å². The van der Waals surface area contributed by atoms with Crippen molar-refractivity contribution in [3.05, 3.63) is 65.7 Å². The fourth-order valence-corrected chi connectivity index (χ4v) is 4.53. The van der Waals surface area contributed by atoms with Crippen molar-refractivity contribution >= 4 is 40.3 Å². The van der Waals surface area contributed by atoms with Crippen LogP contribution in [-0.2, 0) is 9.59 Å². The van der Waals surface area contributed by atoms with E-state index in [1.54, 1.807) is 36.4 Å². The van der Waals surface area contributed by atoms with E-state index in [0.29, 0.717) is 22.0 Å². The second-order valence-electron chi connectivity index (χ2n) is 7.48. The van der Waals surface area contributed by atoms with Crippen LogP contribution in [0.5, 0.6) is 0 Å². The van der Waals surface area contributed by atoms with Crippen molar-refractivity contribution in [1.82, 2.24) is 10.2 Å². The Hall–Kier alpha value is -3.17. The molecule has 0 radical (unpaired) electrons. The molecule has 0 saturated carbocycles. The zero-order valence-electron chi connectivity index (χ0n) is 18.7. The van der Waals surface area contributed by atoms with Crippen molar-refractivity contribution in [1.29, 1.82) is 0 Å². The van der Waals surface area contributed by atoms with E-state index in [4.69, 9.17) is 0 Å². The van der Waals surface area contributed by atoms with Gasteiger partial charge in [0.25, 0.3) is 11.8 Å². The fraction of sp³-hybridized carbons (Fsp3) is 0.333. The van der Waals surface area contributed by atoms with Crippen molar-refractivity contribution < 1.29 is 19.5 Å². The summed E-state index contributed by atoms with van der Waals surface area (Å²) in [4.78, 5) is 43.3. The molecule has 3 amide bonds. The highest BCUT2D eigenvalue weighted by Gasteiger charge is 2.32. The number of aliphatic hydroxyl groups is 1. The molecule has 174 valence electrons. The van der Waals surface area contributed by atoms with Gasteiger partial charge in [0.05, 0.1) is 6.10 Å². The van der Waals surface area contributed by atoms with Gasteiger partial charge in [-0.2, -0.15) is 4.99 Å². The monoisotopic (exact) mass is 468 g/mol. The fourth-order valence-electron chi connectivity index (χ4n) is 3.34. The van der Waals surface area contributed by atoms with Crippen LogP contribution in [0.15, 0.2) is 59.6 Å². The first-order valence-corrected chi connectivity index (χ1v) is 11.7. The lowest BCUT2D eigenvalue weighted by molar-refractivity contribution is -0.121. The molecule has 0 unspecified atom stereocenters. The molecule has 8 nitrogen and oxygen atoms in total. The van der Waals surface area contributed by atoms with Crippen LogP contribution in [0.4, 0.5) is 5.69 Å². The number of thioether (sulfide) groups is 1. The molecule has 33 heavy (non-hydrogen) atoms. The molecule has 0 saturated heterocycles. The van der Waals surface area contributed by atoms with Crippen LogP contribution in [0.25, 0.3) is 0 Å². The van der Waals surface area contributed by atoms with Gasteiger partial charge in [-0.05, 0) is 37.6 Å². The molecule has 0 spiro atoms. The lowest BCUT2D eigenvalue weighted by Gasteiger charge is -2.19. The Labute approximate surface area is 197 Å². The number of aliphatic imine (C=N–C) groups is 1. The molecule has 9 heteroatoms. The van der Waals surface area contributed by atoms with E-state index in [1.807, 2.05) is 36.9 Å². The highest BCUT2D eigenvalue weighted by atomic mass is 32.2. The first kappa shape index (κ1) is 24.5. The van der Waals surface area contributed by atoms with Gasteiger partial charge in [-0.15, -0.1) is 0 Å². The third kappa shape index (κ3) is 6.66. The van der Waals surface area contributed by atoms with Gasteiger partial charge in [-0.3, -0.25) is 14.4 Å². The Morgan fingerprint density at radius 2 is 1.85 bits per heavy atom. The molecule has 2 atom stereocenters. The standard InChI is InChI=1S/C24H28N4O4S/c1-3-28(4-2)24-27-23(32)20(33-24)14-21(30)26-18-12-8-11-17(13-18)22(31)25-15-19(29)16-9-6-5-7-10-16/h5-13,19-20,29H,3-4,14-15H2,1-2H3,(H,25,31)(H,26,30)/t19-,20+/m1/s1. The number of benzene rings is 2. The number of hydrogen-bond acceptors (Lipinski definition) is 6. The number of rotatable bonds is 9. The Morgan fingerprint density at radius 1 is 1.12 bits per heavy atom. The summed E-state index contributed by atoms with van der Waals surface area (Å²) < 4.78 is 0. The number of anilines is 1. The van der Waals surface area contributed by atoms with Crippen LogP contribution in [0, 0.1) is 0 Å². The molecule has 0 fully saturated rings. The zero-order valence-corrected chi connectivity index (χ0v) is 19.5. The van der Waals surface area contributed by atoms with Gasteiger partial charge in [-0.1, -0.05) is 48.2 Å². The second-order valence-corrected chi connectivity index (χ2v) is 8.65.